The maximum absolute atomic E-state index is 2.76. The zero-order chi connectivity index (χ0) is 22.2. The molecule has 0 N–H and O–H groups in total. The van der Waals surface area contributed by atoms with Crippen LogP contribution in [0.5, 0.6) is 0 Å². The lowest BCUT2D eigenvalue weighted by Gasteiger charge is -2.66. The van der Waals surface area contributed by atoms with Crippen LogP contribution in [0, 0.1) is 51.8 Å². The average Bonchev–Trinajstić information content (AvgIpc) is 2.66. The Hall–Kier alpha value is 0. The van der Waals surface area contributed by atoms with E-state index in [9.17, 15) is 0 Å². The van der Waals surface area contributed by atoms with Gasteiger partial charge in [0.25, 0.3) is 0 Å². The normalized spacial score (nSPS) is 42.8. The number of hydrogen-bond donors (Lipinski definition) is 0. The lowest BCUT2D eigenvalue weighted by molar-refractivity contribution is -0.174. The van der Waals surface area contributed by atoms with Gasteiger partial charge in [0.1, 0.15) is 0 Å². The molecule has 3 saturated carbocycles. The molecule has 3 fully saturated rings. The molecule has 0 aliphatic heterocycles. The van der Waals surface area contributed by atoms with Crippen LogP contribution in [0.2, 0.25) is 0 Å². The Labute approximate surface area is 190 Å². The minimum atomic E-state index is 0.566. The third-order valence-corrected chi connectivity index (χ3v) is 11.3. The van der Waals surface area contributed by atoms with Gasteiger partial charge in [-0.15, -0.1) is 0 Å². The fourth-order valence-electron chi connectivity index (χ4n) is 9.31. The van der Waals surface area contributed by atoms with Gasteiger partial charge >= 0.3 is 0 Å². The largest absolute Gasteiger partial charge is 0.0651 e. The summed E-state index contributed by atoms with van der Waals surface area (Å²) in [5.41, 5.74) is 1.78. The Kier molecular flexibility index (Phi) is 7.78. The summed E-state index contributed by atoms with van der Waals surface area (Å²) >= 11 is 0. The monoisotopic (exact) mass is 416 g/mol. The minimum Gasteiger partial charge on any atom is -0.0651 e. The molecule has 0 heteroatoms. The van der Waals surface area contributed by atoms with Gasteiger partial charge in [-0.1, -0.05) is 100 Å². The van der Waals surface area contributed by atoms with E-state index in [1.807, 2.05) is 0 Å². The smallest absolute Gasteiger partial charge is 0.0259 e. The predicted octanol–water partition coefficient (Wildman–Crippen LogP) is 9.91. The van der Waals surface area contributed by atoms with Gasteiger partial charge in [-0.2, -0.15) is 0 Å². The van der Waals surface area contributed by atoms with Crippen molar-refractivity contribution in [2.75, 3.05) is 0 Å². The van der Waals surface area contributed by atoms with Crippen LogP contribution in [-0.4, -0.2) is 0 Å². The lowest BCUT2D eigenvalue weighted by Crippen LogP contribution is -2.59. The lowest BCUT2D eigenvalue weighted by atomic mass is 9.38. The highest BCUT2D eigenvalue weighted by molar-refractivity contribution is 5.10. The summed E-state index contributed by atoms with van der Waals surface area (Å²) in [6, 6.07) is 0. The summed E-state index contributed by atoms with van der Waals surface area (Å²) in [4.78, 5) is 0. The summed E-state index contributed by atoms with van der Waals surface area (Å²) in [5, 5.41) is 0. The van der Waals surface area contributed by atoms with Crippen molar-refractivity contribution >= 4 is 0 Å². The molecule has 3 rings (SSSR count). The average molecular weight is 417 g/mol. The van der Waals surface area contributed by atoms with Crippen molar-refractivity contribution in [3.8, 4) is 0 Å². The summed E-state index contributed by atoms with van der Waals surface area (Å²) in [6.07, 6.45) is 19.1. The van der Waals surface area contributed by atoms with Crippen molar-refractivity contribution in [2.45, 2.75) is 139 Å². The summed E-state index contributed by atoms with van der Waals surface area (Å²) in [5.74, 6) is 5.69. The topological polar surface area (TPSA) is 0 Å². The molecule has 0 radical (unpaired) electrons. The van der Waals surface area contributed by atoms with Gasteiger partial charge < -0.3 is 0 Å². The first kappa shape index (κ1) is 24.6. The van der Waals surface area contributed by atoms with E-state index in [4.69, 9.17) is 0 Å². The van der Waals surface area contributed by atoms with Crippen LogP contribution >= 0.6 is 0 Å². The van der Waals surface area contributed by atoms with Gasteiger partial charge in [0.15, 0.2) is 0 Å². The standard InChI is InChI=1S/C30H56/c1-9-22(2)12-10-13-23(3)14-16-25-24(4)15-17-27-29(25,7)21-18-26-28(5,6)19-11-20-30(26,27)8/h22-27H,9-21H2,1-8H3/t22?,23-,24+,25-,26?,27?,29+,30+/m0/s1. The molecule has 30 heavy (non-hydrogen) atoms. The van der Waals surface area contributed by atoms with Crippen LogP contribution in [0.3, 0.4) is 0 Å². The van der Waals surface area contributed by atoms with Crippen LogP contribution in [0.1, 0.15) is 139 Å². The van der Waals surface area contributed by atoms with Gasteiger partial charge in [0, 0.05) is 0 Å². The van der Waals surface area contributed by atoms with E-state index >= 15 is 0 Å². The quantitative estimate of drug-likeness (QED) is 0.369. The molecule has 0 aromatic heterocycles. The van der Waals surface area contributed by atoms with E-state index in [1.54, 1.807) is 0 Å². The molecule has 176 valence electrons. The molecule has 0 nitrogen and oxygen atoms in total. The Balaban J connectivity index is 1.66. The Morgan fingerprint density at radius 2 is 1.47 bits per heavy atom. The van der Waals surface area contributed by atoms with Crippen LogP contribution in [0.15, 0.2) is 0 Å². The zero-order valence-corrected chi connectivity index (χ0v) is 22.2. The van der Waals surface area contributed by atoms with Gasteiger partial charge in [-0.05, 0) is 90.3 Å². The van der Waals surface area contributed by atoms with Crippen molar-refractivity contribution in [3.63, 3.8) is 0 Å². The molecule has 0 amide bonds. The fraction of sp³-hybridized carbons (Fsp3) is 1.00. The van der Waals surface area contributed by atoms with Crippen molar-refractivity contribution in [2.24, 2.45) is 51.8 Å². The molecule has 3 unspecified atom stereocenters. The summed E-state index contributed by atoms with van der Waals surface area (Å²) < 4.78 is 0. The van der Waals surface area contributed by atoms with Gasteiger partial charge in [-0.25, -0.2) is 0 Å². The van der Waals surface area contributed by atoms with Gasteiger partial charge in [0.05, 0.1) is 0 Å². The maximum atomic E-state index is 2.76. The number of hydrogen-bond acceptors (Lipinski definition) is 0. The van der Waals surface area contributed by atoms with Crippen LogP contribution in [0.25, 0.3) is 0 Å². The molecule has 0 aromatic carbocycles. The molecular formula is C30H56. The van der Waals surface area contributed by atoms with Crippen molar-refractivity contribution in [3.05, 3.63) is 0 Å². The minimum absolute atomic E-state index is 0.566. The van der Waals surface area contributed by atoms with Crippen molar-refractivity contribution in [1.29, 1.82) is 0 Å². The first-order valence-electron chi connectivity index (χ1n) is 14.0. The molecule has 0 bridgehead atoms. The Bertz CT molecular complexity index is 546. The molecular weight excluding hydrogens is 360 g/mol. The Morgan fingerprint density at radius 1 is 0.767 bits per heavy atom. The molecule has 8 atom stereocenters. The molecule has 0 aromatic rings. The fourth-order valence-corrected chi connectivity index (χ4v) is 9.31. The van der Waals surface area contributed by atoms with E-state index in [0.717, 1.165) is 35.5 Å². The first-order chi connectivity index (χ1) is 14.0. The van der Waals surface area contributed by atoms with E-state index in [-0.39, 0.29) is 0 Å². The van der Waals surface area contributed by atoms with Crippen molar-refractivity contribution in [1.82, 2.24) is 0 Å². The maximum Gasteiger partial charge on any atom is -0.0259 e. The van der Waals surface area contributed by atoms with E-state index in [1.165, 1.54) is 83.5 Å². The highest BCUT2D eigenvalue weighted by atomic mass is 14.7. The van der Waals surface area contributed by atoms with Gasteiger partial charge in [0.2, 0.25) is 0 Å². The second kappa shape index (κ2) is 9.47. The number of rotatable bonds is 8. The van der Waals surface area contributed by atoms with Crippen molar-refractivity contribution < 1.29 is 0 Å². The highest BCUT2D eigenvalue weighted by Crippen LogP contribution is 2.69. The highest BCUT2D eigenvalue weighted by Gasteiger charge is 2.61. The molecule has 3 aliphatic carbocycles. The van der Waals surface area contributed by atoms with E-state index in [2.05, 4.69) is 55.4 Å². The zero-order valence-electron chi connectivity index (χ0n) is 22.2. The second-order valence-corrected chi connectivity index (χ2v) is 13.8. The van der Waals surface area contributed by atoms with Gasteiger partial charge in [-0.3, -0.25) is 0 Å². The van der Waals surface area contributed by atoms with E-state index in [0.29, 0.717) is 16.2 Å². The van der Waals surface area contributed by atoms with Crippen LogP contribution in [0.4, 0.5) is 0 Å². The first-order valence-corrected chi connectivity index (χ1v) is 14.0. The summed E-state index contributed by atoms with van der Waals surface area (Å²) in [7, 11) is 0. The molecule has 0 saturated heterocycles. The third-order valence-electron chi connectivity index (χ3n) is 11.3. The molecule has 3 aliphatic rings. The molecule has 0 spiro atoms. The van der Waals surface area contributed by atoms with Crippen LogP contribution in [-0.2, 0) is 0 Å². The third kappa shape index (κ3) is 4.69. The van der Waals surface area contributed by atoms with E-state index < -0.39 is 0 Å². The predicted molar refractivity (Wildman–Crippen MR) is 134 cm³/mol. The second-order valence-electron chi connectivity index (χ2n) is 13.8. The van der Waals surface area contributed by atoms with Crippen LogP contribution < -0.4 is 0 Å². The molecule has 0 heterocycles. The summed E-state index contributed by atoms with van der Waals surface area (Å²) in [6.45, 7) is 20.6. The number of fused-ring (bicyclic) bond motifs is 3. The Morgan fingerprint density at radius 3 is 2.17 bits per heavy atom. The SMILES string of the molecule is CCC(C)CCC[C@H](C)CC[C@H]1[C@H](C)CCC2[C@]3(C)CCCC(C)(C)C3CC[C@@]21C.